The highest BCUT2D eigenvalue weighted by Crippen LogP contribution is 1.87. The topological polar surface area (TPSA) is 77.8 Å². The molecule has 0 saturated heterocycles. The Labute approximate surface area is 64.2 Å². The van der Waals surface area contributed by atoms with Crippen molar-refractivity contribution in [3.05, 3.63) is 0 Å². The molecule has 0 atom stereocenters. The molecule has 64 valence electrons. The molecular formula is C6H11NO4. The summed E-state index contributed by atoms with van der Waals surface area (Å²) in [6, 6.07) is 0. The van der Waals surface area contributed by atoms with Gasteiger partial charge in [-0.3, -0.25) is 9.59 Å². The fraction of sp³-hybridized carbons (Fsp3) is 0.667. The molecule has 0 rings (SSSR count). The zero-order chi connectivity index (χ0) is 8.85. The van der Waals surface area contributed by atoms with Crippen LogP contribution < -0.4 is 0 Å². The summed E-state index contributed by atoms with van der Waals surface area (Å²) < 4.78 is 0. The van der Waals surface area contributed by atoms with Crippen LogP contribution in [0.4, 0.5) is 0 Å². The Morgan fingerprint density at radius 2 is 2.00 bits per heavy atom. The Hall–Kier alpha value is -1.10. The smallest absolute Gasteiger partial charge is 0.323 e. The summed E-state index contributed by atoms with van der Waals surface area (Å²) in [6.45, 7) is 0.767. The van der Waals surface area contributed by atoms with Crippen molar-refractivity contribution < 1.29 is 19.8 Å². The van der Waals surface area contributed by atoms with Gasteiger partial charge in [0, 0.05) is 13.5 Å². The molecule has 0 aromatic rings. The maximum atomic E-state index is 10.6. The first kappa shape index (κ1) is 9.90. The van der Waals surface area contributed by atoms with Gasteiger partial charge in [-0.1, -0.05) is 0 Å². The number of hydrogen-bond donors (Lipinski definition) is 2. The van der Waals surface area contributed by atoms with Crippen molar-refractivity contribution in [3.63, 3.8) is 0 Å². The monoisotopic (exact) mass is 161 g/mol. The van der Waals surface area contributed by atoms with Crippen molar-refractivity contribution in [2.45, 2.75) is 6.92 Å². The van der Waals surface area contributed by atoms with Crippen molar-refractivity contribution in [1.82, 2.24) is 4.90 Å². The maximum Gasteiger partial charge on any atom is 0.323 e. The van der Waals surface area contributed by atoms with E-state index in [2.05, 4.69) is 0 Å². The second-order valence-corrected chi connectivity index (χ2v) is 2.06. The van der Waals surface area contributed by atoms with Gasteiger partial charge in [-0.2, -0.15) is 0 Å². The second kappa shape index (κ2) is 4.68. The molecule has 0 bridgehead atoms. The molecule has 0 aliphatic carbocycles. The minimum absolute atomic E-state index is 0.0711. The number of nitrogens with zero attached hydrogens (tertiary/aromatic N) is 1. The van der Waals surface area contributed by atoms with Crippen molar-refractivity contribution in [2.75, 3.05) is 19.7 Å². The minimum Gasteiger partial charge on any atom is -0.480 e. The van der Waals surface area contributed by atoms with Crippen LogP contribution in [-0.2, 0) is 9.59 Å². The number of aliphatic hydroxyl groups is 1. The molecule has 1 amide bonds. The van der Waals surface area contributed by atoms with Gasteiger partial charge in [0.15, 0.2) is 0 Å². The summed E-state index contributed by atoms with van der Waals surface area (Å²) >= 11 is 0. The van der Waals surface area contributed by atoms with E-state index in [9.17, 15) is 9.59 Å². The van der Waals surface area contributed by atoms with Crippen LogP contribution in [0.25, 0.3) is 0 Å². The van der Waals surface area contributed by atoms with E-state index in [0.717, 1.165) is 4.90 Å². The normalized spacial score (nSPS) is 9.27. The van der Waals surface area contributed by atoms with E-state index in [1.165, 1.54) is 6.92 Å². The van der Waals surface area contributed by atoms with Crippen LogP contribution in [0, 0.1) is 0 Å². The standard InChI is InChI=1S/C6H11NO4/c1-5(9)7(2-3-8)4-6(10)11/h8H,2-4H2,1H3,(H,10,11). The van der Waals surface area contributed by atoms with Crippen LogP contribution in [0.15, 0.2) is 0 Å². The van der Waals surface area contributed by atoms with E-state index in [-0.39, 0.29) is 25.6 Å². The highest BCUT2D eigenvalue weighted by atomic mass is 16.4. The largest absolute Gasteiger partial charge is 0.480 e. The third kappa shape index (κ3) is 4.32. The number of rotatable bonds is 4. The SMILES string of the molecule is CC(=O)N(CCO)CC(=O)O. The zero-order valence-corrected chi connectivity index (χ0v) is 6.28. The Kier molecular flexibility index (Phi) is 4.21. The lowest BCUT2D eigenvalue weighted by atomic mass is 10.4. The van der Waals surface area contributed by atoms with E-state index in [1.54, 1.807) is 0 Å². The Morgan fingerprint density at radius 3 is 2.27 bits per heavy atom. The van der Waals surface area contributed by atoms with E-state index in [1.807, 2.05) is 0 Å². The van der Waals surface area contributed by atoms with Gasteiger partial charge in [-0.15, -0.1) is 0 Å². The fourth-order valence-corrected chi connectivity index (χ4v) is 0.632. The predicted octanol–water partition coefficient (Wildman–Crippen LogP) is -1.09. The third-order valence-electron chi connectivity index (χ3n) is 1.14. The van der Waals surface area contributed by atoms with Crippen LogP contribution in [0.1, 0.15) is 6.92 Å². The van der Waals surface area contributed by atoms with E-state index >= 15 is 0 Å². The number of hydrogen-bond acceptors (Lipinski definition) is 3. The van der Waals surface area contributed by atoms with E-state index < -0.39 is 5.97 Å². The first-order chi connectivity index (χ1) is 5.07. The van der Waals surface area contributed by atoms with Gasteiger partial charge in [0.05, 0.1) is 6.61 Å². The Bertz CT molecular complexity index is 157. The summed E-state index contributed by atoms with van der Waals surface area (Å²) in [6.07, 6.45) is 0. The molecule has 5 heteroatoms. The number of carboxylic acid groups (broad SMARTS) is 1. The number of amides is 1. The molecule has 2 N–H and O–H groups in total. The molecule has 0 spiro atoms. The Morgan fingerprint density at radius 1 is 1.45 bits per heavy atom. The molecule has 0 aliphatic heterocycles. The summed E-state index contributed by atoms with van der Waals surface area (Å²) in [7, 11) is 0. The molecule has 0 heterocycles. The minimum atomic E-state index is -1.08. The molecule has 11 heavy (non-hydrogen) atoms. The third-order valence-corrected chi connectivity index (χ3v) is 1.14. The van der Waals surface area contributed by atoms with Crippen molar-refractivity contribution in [3.8, 4) is 0 Å². The van der Waals surface area contributed by atoms with Gasteiger partial charge in [0.2, 0.25) is 5.91 Å². The van der Waals surface area contributed by atoms with Gasteiger partial charge in [-0.25, -0.2) is 0 Å². The van der Waals surface area contributed by atoms with Gasteiger partial charge in [-0.05, 0) is 0 Å². The fourth-order valence-electron chi connectivity index (χ4n) is 0.632. The molecule has 0 saturated carbocycles. The Balaban J connectivity index is 3.89. The molecule has 0 radical (unpaired) electrons. The van der Waals surface area contributed by atoms with E-state index in [4.69, 9.17) is 10.2 Å². The van der Waals surface area contributed by atoms with Crippen LogP contribution in [0.3, 0.4) is 0 Å². The molecular weight excluding hydrogens is 150 g/mol. The molecule has 0 unspecified atom stereocenters. The number of carboxylic acids is 1. The second-order valence-electron chi connectivity index (χ2n) is 2.06. The number of aliphatic hydroxyl groups excluding tert-OH is 1. The molecule has 0 aromatic heterocycles. The maximum absolute atomic E-state index is 10.6. The van der Waals surface area contributed by atoms with Gasteiger partial charge in [0.1, 0.15) is 6.54 Å². The summed E-state index contributed by atoms with van der Waals surface area (Å²) in [5.41, 5.74) is 0. The van der Waals surface area contributed by atoms with Gasteiger partial charge in [0.25, 0.3) is 0 Å². The molecule has 0 aromatic carbocycles. The molecule has 5 nitrogen and oxygen atoms in total. The van der Waals surface area contributed by atoms with Gasteiger partial charge < -0.3 is 15.1 Å². The van der Waals surface area contributed by atoms with Crippen molar-refractivity contribution >= 4 is 11.9 Å². The molecule has 0 aliphatic rings. The van der Waals surface area contributed by atoms with Crippen LogP contribution in [-0.4, -0.2) is 46.7 Å². The quantitative estimate of drug-likeness (QED) is 0.549. The predicted molar refractivity (Wildman–Crippen MR) is 37.0 cm³/mol. The molecule has 0 fully saturated rings. The first-order valence-electron chi connectivity index (χ1n) is 3.16. The van der Waals surface area contributed by atoms with Crippen molar-refractivity contribution in [2.24, 2.45) is 0 Å². The summed E-state index contributed by atoms with van der Waals surface area (Å²) in [5.74, 6) is -1.42. The number of carbonyl (C=O) groups is 2. The lowest BCUT2D eigenvalue weighted by Crippen LogP contribution is -2.35. The van der Waals surface area contributed by atoms with Crippen LogP contribution in [0.5, 0.6) is 0 Å². The summed E-state index contributed by atoms with van der Waals surface area (Å²) in [5, 5.41) is 16.7. The van der Waals surface area contributed by atoms with E-state index in [0.29, 0.717) is 0 Å². The lowest BCUT2D eigenvalue weighted by Gasteiger charge is -2.16. The lowest BCUT2D eigenvalue weighted by molar-refractivity contribution is -0.143. The van der Waals surface area contributed by atoms with Crippen LogP contribution in [0.2, 0.25) is 0 Å². The van der Waals surface area contributed by atoms with Gasteiger partial charge >= 0.3 is 5.97 Å². The zero-order valence-electron chi connectivity index (χ0n) is 6.28. The highest BCUT2D eigenvalue weighted by molar-refractivity contribution is 5.79. The highest BCUT2D eigenvalue weighted by Gasteiger charge is 2.10. The number of carbonyl (C=O) groups excluding carboxylic acids is 1. The number of aliphatic carboxylic acids is 1. The average molecular weight is 161 g/mol. The van der Waals surface area contributed by atoms with Crippen LogP contribution >= 0.6 is 0 Å². The first-order valence-corrected chi connectivity index (χ1v) is 3.16. The van der Waals surface area contributed by atoms with Crippen molar-refractivity contribution in [1.29, 1.82) is 0 Å². The average Bonchev–Trinajstić information content (AvgIpc) is 1.86. The summed E-state index contributed by atoms with van der Waals surface area (Å²) in [4.78, 5) is 21.8.